The van der Waals surface area contributed by atoms with Crippen LogP contribution in [0.2, 0.25) is 0 Å². The Morgan fingerprint density at radius 1 is 1.50 bits per heavy atom. The molecule has 0 saturated heterocycles. The van der Waals surface area contributed by atoms with Gasteiger partial charge in [0.1, 0.15) is 11.2 Å². The second-order valence-corrected chi connectivity index (χ2v) is 4.76. The quantitative estimate of drug-likeness (QED) is 0.828. The predicted molar refractivity (Wildman–Crippen MR) is 68.8 cm³/mol. The van der Waals surface area contributed by atoms with Crippen molar-refractivity contribution >= 4 is 16.7 Å². The highest BCUT2D eigenvalue weighted by Crippen LogP contribution is 2.27. The van der Waals surface area contributed by atoms with E-state index in [1.165, 1.54) is 6.92 Å². The number of ketones is 1. The maximum atomic E-state index is 11.6. The second kappa shape index (κ2) is 4.26. The maximum absolute atomic E-state index is 11.6. The SMILES string of the molecule is CC(=O)C(C)(C#N)Cc1nn(C)c2ccccc12. The van der Waals surface area contributed by atoms with Crippen LogP contribution in [0.1, 0.15) is 19.5 Å². The molecular formula is C14H15N3O. The van der Waals surface area contributed by atoms with Crippen LogP contribution in [0.25, 0.3) is 10.9 Å². The molecule has 1 unspecified atom stereocenters. The van der Waals surface area contributed by atoms with E-state index in [-0.39, 0.29) is 5.78 Å². The number of aryl methyl sites for hydroxylation is 1. The van der Waals surface area contributed by atoms with Gasteiger partial charge in [-0.3, -0.25) is 9.48 Å². The van der Waals surface area contributed by atoms with Gasteiger partial charge >= 0.3 is 0 Å². The third kappa shape index (κ3) is 1.88. The van der Waals surface area contributed by atoms with E-state index in [1.54, 1.807) is 11.6 Å². The van der Waals surface area contributed by atoms with Crippen LogP contribution >= 0.6 is 0 Å². The fourth-order valence-electron chi connectivity index (χ4n) is 2.00. The Morgan fingerprint density at radius 2 is 2.17 bits per heavy atom. The first-order valence-corrected chi connectivity index (χ1v) is 5.81. The molecule has 0 aliphatic rings. The van der Waals surface area contributed by atoms with E-state index in [0.29, 0.717) is 6.42 Å². The van der Waals surface area contributed by atoms with Crippen molar-refractivity contribution in [1.29, 1.82) is 5.26 Å². The van der Waals surface area contributed by atoms with Gasteiger partial charge in [0.05, 0.1) is 17.3 Å². The Bertz CT molecular complexity index is 651. The van der Waals surface area contributed by atoms with Gasteiger partial charge < -0.3 is 0 Å². The lowest BCUT2D eigenvalue weighted by Gasteiger charge is -2.16. The van der Waals surface area contributed by atoms with E-state index in [9.17, 15) is 10.1 Å². The third-order valence-corrected chi connectivity index (χ3v) is 3.38. The molecular weight excluding hydrogens is 226 g/mol. The van der Waals surface area contributed by atoms with Crippen molar-refractivity contribution < 1.29 is 4.79 Å². The number of carbonyl (C=O) groups excluding carboxylic acids is 1. The van der Waals surface area contributed by atoms with E-state index in [2.05, 4.69) is 11.2 Å². The minimum absolute atomic E-state index is 0.125. The average molecular weight is 241 g/mol. The molecule has 1 atom stereocenters. The number of para-hydroxylation sites is 1. The molecule has 4 heteroatoms. The maximum Gasteiger partial charge on any atom is 0.150 e. The zero-order chi connectivity index (χ0) is 13.3. The van der Waals surface area contributed by atoms with Crippen molar-refractivity contribution in [2.45, 2.75) is 20.3 Å². The van der Waals surface area contributed by atoms with Crippen molar-refractivity contribution in [2.24, 2.45) is 12.5 Å². The Labute approximate surface area is 106 Å². The van der Waals surface area contributed by atoms with Gasteiger partial charge in [0.15, 0.2) is 0 Å². The predicted octanol–water partition coefficient (Wildman–Crippen LogP) is 2.23. The van der Waals surface area contributed by atoms with Gasteiger partial charge in [0, 0.05) is 18.9 Å². The Hall–Kier alpha value is -2.15. The molecule has 0 amide bonds. The first-order valence-electron chi connectivity index (χ1n) is 5.81. The molecule has 1 aromatic carbocycles. The molecule has 4 nitrogen and oxygen atoms in total. The standard InChI is InChI=1S/C14H15N3O/c1-10(18)14(2,9-15)8-12-11-6-4-5-7-13(11)17(3)16-12/h4-7H,8H2,1-3H3. The number of fused-ring (bicyclic) bond motifs is 1. The van der Waals surface area contributed by atoms with Crippen molar-refractivity contribution in [1.82, 2.24) is 9.78 Å². The normalized spacial score (nSPS) is 14.1. The highest BCUT2D eigenvalue weighted by molar-refractivity contribution is 5.87. The van der Waals surface area contributed by atoms with Crippen LogP contribution in [-0.4, -0.2) is 15.6 Å². The van der Waals surface area contributed by atoms with Crippen LogP contribution in [0.5, 0.6) is 0 Å². The largest absolute Gasteiger partial charge is 0.298 e. The van der Waals surface area contributed by atoms with E-state index in [1.807, 2.05) is 31.3 Å². The molecule has 0 N–H and O–H groups in total. The second-order valence-electron chi connectivity index (χ2n) is 4.76. The number of carbonyl (C=O) groups is 1. The van der Waals surface area contributed by atoms with Crippen molar-refractivity contribution in [2.75, 3.05) is 0 Å². The summed E-state index contributed by atoms with van der Waals surface area (Å²) in [6.45, 7) is 3.12. The summed E-state index contributed by atoms with van der Waals surface area (Å²) in [5.74, 6) is -0.125. The Balaban J connectivity index is 2.51. The summed E-state index contributed by atoms with van der Waals surface area (Å²) < 4.78 is 1.78. The number of Topliss-reactive ketones (excluding diaryl/α,β-unsaturated/α-hetero) is 1. The molecule has 0 radical (unpaired) electrons. The summed E-state index contributed by atoms with van der Waals surface area (Å²) in [6, 6.07) is 9.93. The molecule has 1 aromatic heterocycles. The highest BCUT2D eigenvalue weighted by atomic mass is 16.1. The molecule has 0 fully saturated rings. The van der Waals surface area contributed by atoms with Gasteiger partial charge in [-0.25, -0.2) is 0 Å². The number of hydrogen-bond donors (Lipinski definition) is 0. The van der Waals surface area contributed by atoms with Crippen LogP contribution in [0.3, 0.4) is 0 Å². The lowest BCUT2D eigenvalue weighted by molar-refractivity contribution is -0.123. The zero-order valence-corrected chi connectivity index (χ0v) is 10.8. The van der Waals surface area contributed by atoms with Crippen LogP contribution < -0.4 is 0 Å². The number of benzene rings is 1. The lowest BCUT2D eigenvalue weighted by Crippen LogP contribution is -2.26. The van der Waals surface area contributed by atoms with E-state index >= 15 is 0 Å². The Kier molecular flexibility index (Phi) is 2.92. The highest BCUT2D eigenvalue weighted by Gasteiger charge is 2.31. The van der Waals surface area contributed by atoms with Crippen LogP contribution in [0.4, 0.5) is 0 Å². The Morgan fingerprint density at radius 3 is 2.78 bits per heavy atom. The molecule has 2 aromatic rings. The summed E-state index contributed by atoms with van der Waals surface area (Å²) in [7, 11) is 1.86. The first-order chi connectivity index (χ1) is 8.48. The molecule has 0 spiro atoms. The van der Waals surface area contributed by atoms with Gasteiger partial charge in [0.2, 0.25) is 0 Å². The molecule has 0 bridgehead atoms. The third-order valence-electron chi connectivity index (χ3n) is 3.38. The lowest BCUT2D eigenvalue weighted by atomic mass is 9.83. The summed E-state index contributed by atoms with van der Waals surface area (Å²) >= 11 is 0. The van der Waals surface area contributed by atoms with Gasteiger partial charge in [-0.15, -0.1) is 0 Å². The van der Waals surface area contributed by atoms with Crippen molar-refractivity contribution in [3.05, 3.63) is 30.0 Å². The van der Waals surface area contributed by atoms with Crippen molar-refractivity contribution in [3.8, 4) is 6.07 Å². The summed E-state index contributed by atoms with van der Waals surface area (Å²) in [5.41, 5.74) is 0.806. The van der Waals surface area contributed by atoms with Crippen LogP contribution in [-0.2, 0) is 18.3 Å². The molecule has 0 aliphatic heterocycles. The number of nitriles is 1. The minimum atomic E-state index is -1.00. The summed E-state index contributed by atoms with van der Waals surface area (Å²) in [6.07, 6.45) is 0.347. The monoisotopic (exact) mass is 241 g/mol. The van der Waals surface area contributed by atoms with E-state index in [0.717, 1.165) is 16.6 Å². The fraction of sp³-hybridized carbons (Fsp3) is 0.357. The smallest absolute Gasteiger partial charge is 0.150 e. The van der Waals surface area contributed by atoms with Gasteiger partial charge in [-0.2, -0.15) is 10.4 Å². The number of rotatable bonds is 3. The first kappa shape index (κ1) is 12.3. The number of nitrogens with zero attached hydrogens (tertiary/aromatic N) is 3. The molecule has 18 heavy (non-hydrogen) atoms. The van der Waals surface area contributed by atoms with Crippen molar-refractivity contribution in [3.63, 3.8) is 0 Å². The van der Waals surface area contributed by atoms with E-state index < -0.39 is 5.41 Å². The molecule has 92 valence electrons. The topological polar surface area (TPSA) is 58.7 Å². The molecule has 0 aliphatic carbocycles. The average Bonchev–Trinajstić information content (AvgIpc) is 2.66. The molecule has 2 rings (SSSR count). The van der Waals surface area contributed by atoms with E-state index in [4.69, 9.17) is 0 Å². The van der Waals surface area contributed by atoms with Crippen LogP contribution in [0, 0.1) is 16.7 Å². The van der Waals surface area contributed by atoms with Gasteiger partial charge in [-0.05, 0) is 19.9 Å². The van der Waals surface area contributed by atoms with Gasteiger partial charge in [-0.1, -0.05) is 18.2 Å². The minimum Gasteiger partial charge on any atom is -0.298 e. The number of aromatic nitrogens is 2. The molecule has 1 heterocycles. The van der Waals surface area contributed by atoms with Crippen LogP contribution in [0.15, 0.2) is 24.3 Å². The van der Waals surface area contributed by atoms with Gasteiger partial charge in [0.25, 0.3) is 0 Å². The zero-order valence-electron chi connectivity index (χ0n) is 10.8. The fourth-order valence-corrected chi connectivity index (χ4v) is 2.00. The number of hydrogen-bond acceptors (Lipinski definition) is 3. The summed E-state index contributed by atoms with van der Waals surface area (Å²) in [5, 5.41) is 14.6. The summed E-state index contributed by atoms with van der Waals surface area (Å²) in [4.78, 5) is 11.6. The molecule has 0 saturated carbocycles.